The van der Waals surface area contributed by atoms with Crippen molar-refractivity contribution in [2.75, 3.05) is 5.32 Å². The summed E-state index contributed by atoms with van der Waals surface area (Å²) in [5.41, 5.74) is -0.995. The number of alkyl halides is 3. The molecule has 0 fully saturated rings. The topological polar surface area (TPSA) is 55.6 Å². The molecule has 0 atom stereocenters. The van der Waals surface area contributed by atoms with Gasteiger partial charge in [-0.25, -0.2) is 9.97 Å². The van der Waals surface area contributed by atoms with E-state index in [4.69, 9.17) is 0 Å². The minimum Gasteiger partial charge on any atom is -0.307 e. The van der Waals surface area contributed by atoms with Gasteiger partial charge in [-0.15, -0.1) is 0 Å². The summed E-state index contributed by atoms with van der Waals surface area (Å²) >= 11 is 0. The van der Waals surface area contributed by atoms with Crippen LogP contribution in [0, 0.1) is 0 Å². The van der Waals surface area contributed by atoms with Crippen molar-refractivity contribution < 1.29 is 13.2 Å². The Morgan fingerprint density at radius 2 is 2.06 bits per heavy atom. The highest BCUT2D eigenvalue weighted by atomic mass is 19.4. The summed E-state index contributed by atoms with van der Waals surface area (Å²) in [5, 5.41) is 6.53. The van der Waals surface area contributed by atoms with E-state index in [2.05, 4.69) is 20.4 Å². The number of anilines is 2. The van der Waals surface area contributed by atoms with Crippen LogP contribution in [-0.4, -0.2) is 19.7 Å². The van der Waals surface area contributed by atoms with Gasteiger partial charge in [-0.3, -0.25) is 4.68 Å². The van der Waals surface area contributed by atoms with E-state index in [-0.39, 0.29) is 5.95 Å². The van der Waals surface area contributed by atoms with Crippen LogP contribution in [0.4, 0.5) is 24.9 Å². The summed E-state index contributed by atoms with van der Waals surface area (Å²) in [4.78, 5) is 7.04. The normalized spacial score (nSPS) is 11.5. The zero-order valence-corrected chi connectivity index (χ0v) is 8.73. The highest BCUT2D eigenvalue weighted by Crippen LogP contribution is 2.27. The number of aryl methyl sites for hydroxylation is 1. The Morgan fingerprint density at radius 1 is 1.29 bits per heavy atom. The maximum Gasteiger partial charge on any atom is 0.433 e. The first-order valence-corrected chi connectivity index (χ1v) is 4.62. The molecule has 17 heavy (non-hydrogen) atoms. The quantitative estimate of drug-likeness (QED) is 0.876. The molecule has 8 heteroatoms. The van der Waals surface area contributed by atoms with E-state index in [1.54, 1.807) is 19.3 Å². The Bertz CT molecular complexity index is 519. The Kier molecular flexibility index (Phi) is 2.70. The number of aromatic nitrogens is 4. The Labute approximate surface area is 94.3 Å². The number of halogens is 3. The van der Waals surface area contributed by atoms with Gasteiger partial charge in [0, 0.05) is 25.5 Å². The monoisotopic (exact) mass is 243 g/mol. The van der Waals surface area contributed by atoms with Crippen molar-refractivity contribution in [1.29, 1.82) is 0 Å². The number of rotatable bonds is 2. The van der Waals surface area contributed by atoms with E-state index in [1.807, 2.05) is 0 Å². The molecule has 0 spiro atoms. The van der Waals surface area contributed by atoms with Crippen LogP contribution in [0.25, 0.3) is 0 Å². The van der Waals surface area contributed by atoms with E-state index < -0.39 is 11.9 Å². The summed E-state index contributed by atoms with van der Waals surface area (Å²) in [6.07, 6.45) is -1.79. The second-order valence-electron chi connectivity index (χ2n) is 3.26. The predicted octanol–water partition coefficient (Wildman–Crippen LogP) is 1.97. The van der Waals surface area contributed by atoms with Crippen molar-refractivity contribution in [3.63, 3.8) is 0 Å². The molecule has 2 rings (SSSR count). The lowest BCUT2D eigenvalue weighted by molar-refractivity contribution is -0.141. The van der Waals surface area contributed by atoms with E-state index in [0.29, 0.717) is 5.82 Å². The summed E-state index contributed by atoms with van der Waals surface area (Å²) in [6, 6.07) is 2.41. The van der Waals surface area contributed by atoms with Crippen LogP contribution in [0.5, 0.6) is 0 Å². The van der Waals surface area contributed by atoms with E-state index in [0.717, 1.165) is 12.3 Å². The first kappa shape index (κ1) is 11.4. The van der Waals surface area contributed by atoms with Gasteiger partial charge in [0.05, 0.1) is 0 Å². The fraction of sp³-hybridized carbons (Fsp3) is 0.222. The average molecular weight is 243 g/mol. The highest BCUT2D eigenvalue weighted by Gasteiger charge is 2.32. The molecule has 2 aromatic rings. The summed E-state index contributed by atoms with van der Waals surface area (Å²) in [6.45, 7) is 0. The van der Waals surface area contributed by atoms with Crippen LogP contribution in [-0.2, 0) is 13.2 Å². The molecule has 0 radical (unpaired) electrons. The predicted molar refractivity (Wildman–Crippen MR) is 53.5 cm³/mol. The first-order valence-electron chi connectivity index (χ1n) is 4.62. The molecule has 0 saturated carbocycles. The number of nitrogens with zero attached hydrogens (tertiary/aromatic N) is 4. The summed E-state index contributed by atoms with van der Waals surface area (Å²) in [7, 11) is 1.69. The molecule has 0 amide bonds. The van der Waals surface area contributed by atoms with Crippen LogP contribution in [0.1, 0.15) is 5.69 Å². The molecular formula is C9H8F3N5. The maximum absolute atomic E-state index is 12.4. The Morgan fingerprint density at radius 3 is 2.65 bits per heavy atom. The van der Waals surface area contributed by atoms with Gasteiger partial charge in [-0.1, -0.05) is 0 Å². The third-order valence-corrected chi connectivity index (χ3v) is 1.90. The van der Waals surface area contributed by atoms with Gasteiger partial charge in [0.2, 0.25) is 5.95 Å². The molecule has 5 nitrogen and oxygen atoms in total. The molecule has 0 aliphatic rings. The second-order valence-corrected chi connectivity index (χ2v) is 3.26. The van der Waals surface area contributed by atoms with E-state index >= 15 is 0 Å². The molecule has 0 aliphatic heterocycles. The summed E-state index contributed by atoms with van der Waals surface area (Å²) in [5.74, 6) is 0.241. The standard InChI is InChI=1S/C9H8F3N5/c1-17-5-3-7(16-17)15-8-13-4-2-6(14-8)9(10,11)12/h2-5H,1H3,(H,13,14,15,16). The molecule has 2 heterocycles. The van der Waals surface area contributed by atoms with Gasteiger partial charge >= 0.3 is 6.18 Å². The number of hydrogen-bond acceptors (Lipinski definition) is 4. The van der Waals surface area contributed by atoms with E-state index in [1.165, 1.54) is 4.68 Å². The molecule has 0 bridgehead atoms. The maximum atomic E-state index is 12.4. The minimum atomic E-state index is -4.48. The largest absolute Gasteiger partial charge is 0.433 e. The van der Waals surface area contributed by atoms with Gasteiger partial charge in [0.15, 0.2) is 5.82 Å². The fourth-order valence-electron chi connectivity index (χ4n) is 1.17. The zero-order chi connectivity index (χ0) is 12.5. The molecule has 0 saturated heterocycles. The minimum absolute atomic E-state index is 0.140. The third-order valence-electron chi connectivity index (χ3n) is 1.90. The van der Waals surface area contributed by atoms with Gasteiger partial charge in [0.25, 0.3) is 0 Å². The lowest BCUT2D eigenvalue weighted by Crippen LogP contribution is -2.10. The Hall–Kier alpha value is -2.12. The van der Waals surface area contributed by atoms with Crippen LogP contribution >= 0.6 is 0 Å². The van der Waals surface area contributed by atoms with Crippen molar-refractivity contribution >= 4 is 11.8 Å². The summed E-state index contributed by atoms with van der Waals surface area (Å²) < 4.78 is 38.6. The van der Waals surface area contributed by atoms with Crippen LogP contribution in [0.3, 0.4) is 0 Å². The van der Waals surface area contributed by atoms with Crippen LogP contribution < -0.4 is 5.32 Å². The smallest absolute Gasteiger partial charge is 0.307 e. The van der Waals surface area contributed by atoms with Gasteiger partial charge in [0.1, 0.15) is 5.69 Å². The highest BCUT2D eigenvalue weighted by molar-refractivity contribution is 5.46. The molecule has 0 unspecified atom stereocenters. The van der Waals surface area contributed by atoms with Crippen molar-refractivity contribution in [3.8, 4) is 0 Å². The molecule has 0 aliphatic carbocycles. The molecule has 90 valence electrons. The van der Waals surface area contributed by atoms with Gasteiger partial charge in [-0.05, 0) is 6.07 Å². The lowest BCUT2D eigenvalue weighted by Gasteiger charge is -2.06. The average Bonchev–Trinajstić information content (AvgIpc) is 2.63. The number of nitrogens with one attached hydrogen (secondary N) is 1. The molecular weight excluding hydrogens is 235 g/mol. The zero-order valence-electron chi connectivity index (χ0n) is 8.73. The van der Waals surface area contributed by atoms with Crippen molar-refractivity contribution in [1.82, 2.24) is 19.7 Å². The van der Waals surface area contributed by atoms with E-state index in [9.17, 15) is 13.2 Å². The van der Waals surface area contributed by atoms with Gasteiger partial charge in [-0.2, -0.15) is 18.3 Å². The van der Waals surface area contributed by atoms with Crippen LogP contribution in [0.15, 0.2) is 24.5 Å². The first-order chi connectivity index (χ1) is 7.95. The Balaban J connectivity index is 2.22. The molecule has 0 aromatic carbocycles. The molecule has 1 N–H and O–H groups in total. The molecule has 2 aromatic heterocycles. The third kappa shape index (κ3) is 2.71. The van der Waals surface area contributed by atoms with Crippen LogP contribution in [0.2, 0.25) is 0 Å². The number of hydrogen-bond donors (Lipinski definition) is 1. The SMILES string of the molecule is Cn1ccc(Nc2nccc(C(F)(F)F)n2)n1. The fourth-order valence-corrected chi connectivity index (χ4v) is 1.17. The van der Waals surface area contributed by atoms with Crippen molar-refractivity contribution in [2.45, 2.75) is 6.18 Å². The second kappa shape index (κ2) is 4.04. The lowest BCUT2D eigenvalue weighted by atomic mass is 10.4. The van der Waals surface area contributed by atoms with Gasteiger partial charge < -0.3 is 5.32 Å². The van der Waals surface area contributed by atoms with Crippen molar-refractivity contribution in [2.24, 2.45) is 7.05 Å². The van der Waals surface area contributed by atoms with Crippen molar-refractivity contribution in [3.05, 3.63) is 30.2 Å².